The Hall–Kier alpha value is -4.28. The summed E-state index contributed by atoms with van der Waals surface area (Å²) in [5, 5.41) is 1.35. The van der Waals surface area contributed by atoms with E-state index in [0.717, 1.165) is 0 Å². The van der Waals surface area contributed by atoms with E-state index in [0.29, 0.717) is 0 Å². The van der Waals surface area contributed by atoms with Crippen molar-refractivity contribution in [3.8, 4) is 0 Å². The Labute approximate surface area is 392 Å². The van der Waals surface area contributed by atoms with Gasteiger partial charge in [-0.3, -0.25) is 0 Å². The zero-order valence-corrected chi connectivity index (χ0v) is 43.7. The van der Waals surface area contributed by atoms with Gasteiger partial charge in [0.05, 0.1) is 5.69 Å². The van der Waals surface area contributed by atoms with Crippen LogP contribution < -0.4 is 25.5 Å². The highest BCUT2D eigenvalue weighted by molar-refractivity contribution is 7.33. The van der Waals surface area contributed by atoms with Gasteiger partial charge in [-0.15, -0.1) is 11.3 Å². The molecule has 0 bridgehead atoms. The van der Waals surface area contributed by atoms with Crippen LogP contribution in [0.2, 0.25) is 0 Å². The quantitative estimate of drug-likeness (QED) is 0.160. The van der Waals surface area contributed by atoms with Crippen LogP contribution in [0.5, 0.6) is 0 Å². The second-order valence-electron chi connectivity index (χ2n) is 26.3. The standard InChI is InChI=1S/C60H75BN2S/c1-54(2,3)36-21-25-46-47(31-36)62(42-29-38(56(7,8)9)28-39(30-42)57(10,11)12)48-32-40(58(13,14)15)33-49-51(48)61(46)53-52(43-23-20-37(55(4,5)6)34-50(43)64-53)63(49)41-22-24-44-45(35-41)60(18,19)27-26-59(44,16)17/h20-25,28-35H,26-27H2,1-19H3. The first-order valence-electron chi connectivity index (χ1n) is 24.2. The van der Waals surface area contributed by atoms with Crippen molar-refractivity contribution in [2.45, 2.75) is 182 Å². The molecule has 0 unspecified atom stereocenters. The lowest BCUT2D eigenvalue weighted by Crippen LogP contribution is -2.60. The minimum absolute atomic E-state index is 0.0203. The van der Waals surface area contributed by atoms with E-state index in [2.05, 4.69) is 226 Å². The van der Waals surface area contributed by atoms with Gasteiger partial charge >= 0.3 is 0 Å². The molecule has 5 aromatic carbocycles. The van der Waals surface area contributed by atoms with Gasteiger partial charge in [-0.05, 0) is 149 Å². The predicted octanol–water partition coefficient (Wildman–Crippen LogP) is 15.8. The van der Waals surface area contributed by atoms with E-state index in [4.69, 9.17) is 0 Å². The van der Waals surface area contributed by atoms with E-state index in [1.165, 1.54) is 112 Å². The van der Waals surface area contributed by atoms with Crippen molar-refractivity contribution in [2.24, 2.45) is 0 Å². The van der Waals surface area contributed by atoms with Crippen molar-refractivity contribution in [2.75, 3.05) is 9.80 Å². The van der Waals surface area contributed by atoms with Crippen molar-refractivity contribution in [1.29, 1.82) is 0 Å². The topological polar surface area (TPSA) is 6.48 Å². The summed E-state index contributed by atoms with van der Waals surface area (Å²) in [6.07, 6.45) is 2.38. The number of rotatable bonds is 2. The minimum atomic E-state index is -0.101. The van der Waals surface area contributed by atoms with Crippen LogP contribution in [0, 0.1) is 0 Å². The van der Waals surface area contributed by atoms with Gasteiger partial charge in [0, 0.05) is 43.3 Å². The summed E-state index contributed by atoms with van der Waals surface area (Å²) >= 11 is 2.03. The van der Waals surface area contributed by atoms with Gasteiger partial charge in [-0.1, -0.05) is 168 Å². The van der Waals surface area contributed by atoms with Gasteiger partial charge in [-0.25, -0.2) is 0 Å². The van der Waals surface area contributed by atoms with Crippen molar-refractivity contribution in [3.63, 3.8) is 0 Å². The predicted molar refractivity (Wildman–Crippen MR) is 285 cm³/mol. The Bertz CT molecular complexity index is 2840. The molecule has 334 valence electrons. The van der Waals surface area contributed by atoms with E-state index in [9.17, 15) is 0 Å². The number of anilines is 6. The highest BCUT2D eigenvalue weighted by atomic mass is 32.1. The van der Waals surface area contributed by atoms with E-state index in [1.807, 2.05) is 11.3 Å². The summed E-state index contributed by atoms with van der Waals surface area (Å²) in [6.45, 7) is 45.4. The first kappa shape index (κ1) is 44.9. The van der Waals surface area contributed by atoms with Gasteiger partial charge < -0.3 is 9.80 Å². The lowest BCUT2D eigenvalue weighted by atomic mass is 9.36. The first-order chi connectivity index (χ1) is 29.4. The van der Waals surface area contributed by atoms with E-state index in [-0.39, 0.29) is 44.6 Å². The number of hydrogen-bond donors (Lipinski definition) is 0. The highest BCUT2D eigenvalue weighted by Gasteiger charge is 2.47. The summed E-state index contributed by atoms with van der Waals surface area (Å²) in [5.74, 6) is 0. The third-order valence-electron chi connectivity index (χ3n) is 15.3. The monoisotopic (exact) mass is 867 g/mol. The Morgan fingerprint density at radius 1 is 0.453 bits per heavy atom. The molecule has 1 aromatic heterocycles. The van der Waals surface area contributed by atoms with E-state index < -0.39 is 0 Å². The number of thiophene rings is 1. The zero-order chi connectivity index (χ0) is 46.6. The Morgan fingerprint density at radius 2 is 0.938 bits per heavy atom. The van der Waals surface area contributed by atoms with Crippen molar-refractivity contribution < 1.29 is 0 Å². The number of hydrogen-bond acceptors (Lipinski definition) is 3. The maximum Gasteiger partial charge on any atom is 0.264 e. The molecule has 3 aliphatic rings. The molecule has 6 aromatic rings. The van der Waals surface area contributed by atoms with Crippen LogP contribution in [0.15, 0.2) is 84.9 Å². The number of fused-ring (bicyclic) bond motifs is 7. The fourth-order valence-corrected chi connectivity index (χ4v) is 12.1. The van der Waals surface area contributed by atoms with Crippen molar-refractivity contribution >= 4 is 78.0 Å². The third kappa shape index (κ3) is 7.28. The van der Waals surface area contributed by atoms with Crippen LogP contribution >= 0.6 is 11.3 Å². The van der Waals surface area contributed by atoms with Crippen molar-refractivity contribution in [3.05, 3.63) is 124 Å². The van der Waals surface area contributed by atoms with E-state index >= 15 is 0 Å². The fourth-order valence-electron chi connectivity index (χ4n) is 10.7. The molecule has 3 heterocycles. The average Bonchev–Trinajstić information content (AvgIpc) is 3.56. The molecule has 0 atom stereocenters. The van der Waals surface area contributed by atoms with Crippen LogP contribution in [0.4, 0.5) is 34.1 Å². The molecule has 0 saturated heterocycles. The Morgan fingerprint density at radius 3 is 1.50 bits per heavy atom. The second-order valence-corrected chi connectivity index (χ2v) is 27.4. The molecule has 4 heteroatoms. The lowest BCUT2D eigenvalue weighted by Gasteiger charge is -2.46. The molecule has 2 nitrogen and oxygen atoms in total. The molecule has 0 amide bonds. The Balaban J connectivity index is 1.45. The average molecular weight is 867 g/mol. The molecule has 0 N–H and O–H groups in total. The van der Waals surface area contributed by atoms with Crippen LogP contribution in [0.3, 0.4) is 0 Å². The molecule has 0 fully saturated rings. The normalized spacial score (nSPS) is 17.0. The Kier molecular flexibility index (Phi) is 9.91. The molecule has 0 radical (unpaired) electrons. The smallest absolute Gasteiger partial charge is 0.264 e. The lowest BCUT2D eigenvalue weighted by molar-refractivity contribution is 0.332. The summed E-state index contributed by atoms with van der Waals surface area (Å²) in [7, 11) is 0. The SMILES string of the molecule is CC(C)(C)c1cc(N2c3cc(C(C)(C)C)ccc3B3c4sc5cc(C(C)(C)C)ccc5c4N(c4ccc5c(c4)C(C)(C)CCC5(C)C)c4cc(C(C)(C)C)cc2c43)cc(C(C)(C)C)c1. The minimum Gasteiger partial charge on any atom is -0.311 e. The van der Waals surface area contributed by atoms with Gasteiger partial charge in [0.25, 0.3) is 6.71 Å². The number of benzene rings is 5. The third-order valence-corrected chi connectivity index (χ3v) is 16.5. The summed E-state index contributed by atoms with van der Waals surface area (Å²) in [6, 6.07) is 35.0. The first-order valence-corrected chi connectivity index (χ1v) is 25.0. The van der Waals surface area contributed by atoms with Gasteiger partial charge in [0.15, 0.2) is 0 Å². The summed E-state index contributed by atoms with van der Waals surface area (Å²) < 4.78 is 2.81. The molecular weight excluding hydrogens is 792 g/mol. The van der Waals surface area contributed by atoms with Crippen LogP contribution in [0.1, 0.15) is 183 Å². The second kappa shape index (κ2) is 14.1. The van der Waals surface area contributed by atoms with Gasteiger partial charge in [0.1, 0.15) is 0 Å². The highest BCUT2D eigenvalue weighted by Crippen LogP contribution is 2.53. The van der Waals surface area contributed by atoms with E-state index in [1.54, 1.807) is 0 Å². The largest absolute Gasteiger partial charge is 0.311 e. The van der Waals surface area contributed by atoms with Crippen LogP contribution in [-0.2, 0) is 37.9 Å². The molecule has 0 saturated carbocycles. The number of nitrogens with zero attached hydrogens (tertiary/aromatic N) is 2. The summed E-state index contributed by atoms with van der Waals surface area (Å²) in [5.41, 5.74) is 20.5. The summed E-state index contributed by atoms with van der Waals surface area (Å²) in [4.78, 5) is 5.40. The fraction of sp³-hybridized carbons (Fsp3) is 0.467. The molecule has 2 aliphatic heterocycles. The molecular formula is C60H75BN2S. The molecule has 9 rings (SSSR count). The van der Waals surface area contributed by atoms with Gasteiger partial charge in [-0.2, -0.15) is 0 Å². The molecule has 64 heavy (non-hydrogen) atoms. The molecule has 1 aliphatic carbocycles. The van der Waals surface area contributed by atoms with Gasteiger partial charge in [0.2, 0.25) is 0 Å². The zero-order valence-electron chi connectivity index (χ0n) is 42.9. The van der Waals surface area contributed by atoms with Crippen LogP contribution in [-0.4, -0.2) is 6.71 Å². The van der Waals surface area contributed by atoms with Crippen LogP contribution in [0.25, 0.3) is 10.1 Å². The molecule has 0 spiro atoms. The van der Waals surface area contributed by atoms with Crippen molar-refractivity contribution in [1.82, 2.24) is 0 Å². The maximum atomic E-state index is 2.71. The maximum absolute atomic E-state index is 2.71.